The SMILES string of the molecule is COc1cccc(-c2nc(-c3ccc(N4C(=O)C=CC5C4c4ccccc4N5C)cc3)no2)c1. The highest BCUT2D eigenvalue weighted by molar-refractivity contribution is 6.04. The van der Waals surface area contributed by atoms with Crippen molar-refractivity contribution in [3.05, 3.63) is 90.5 Å². The number of aromatic nitrogens is 2. The summed E-state index contributed by atoms with van der Waals surface area (Å²) >= 11 is 0. The van der Waals surface area contributed by atoms with Crippen molar-refractivity contribution in [2.75, 3.05) is 24.0 Å². The maximum absolute atomic E-state index is 13.0. The molecule has 0 bridgehead atoms. The molecule has 168 valence electrons. The minimum atomic E-state index is -0.0746. The third kappa shape index (κ3) is 3.16. The Morgan fingerprint density at radius 1 is 0.971 bits per heavy atom. The van der Waals surface area contributed by atoms with Crippen LogP contribution in [0.2, 0.25) is 0 Å². The van der Waals surface area contributed by atoms with E-state index in [4.69, 9.17) is 9.26 Å². The maximum Gasteiger partial charge on any atom is 0.258 e. The van der Waals surface area contributed by atoms with Crippen molar-refractivity contribution in [2.45, 2.75) is 12.1 Å². The van der Waals surface area contributed by atoms with E-state index in [0.717, 1.165) is 33.8 Å². The number of fused-ring (bicyclic) bond motifs is 3. The number of nitrogens with zero attached hydrogens (tertiary/aromatic N) is 4. The van der Waals surface area contributed by atoms with Gasteiger partial charge in [-0.3, -0.25) is 9.69 Å². The van der Waals surface area contributed by atoms with Gasteiger partial charge < -0.3 is 14.2 Å². The molecule has 2 atom stereocenters. The Morgan fingerprint density at radius 2 is 1.79 bits per heavy atom. The van der Waals surface area contributed by atoms with E-state index in [-0.39, 0.29) is 18.0 Å². The number of benzene rings is 3. The summed E-state index contributed by atoms with van der Waals surface area (Å²) < 4.78 is 10.8. The second-order valence-electron chi connectivity index (χ2n) is 8.37. The van der Waals surface area contributed by atoms with E-state index in [0.29, 0.717) is 11.7 Å². The number of rotatable bonds is 4. The molecular formula is C27H22N4O3. The fraction of sp³-hybridized carbons (Fsp3) is 0.148. The highest BCUT2D eigenvalue weighted by Gasteiger charge is 2.43. The largest absolute Gasteiger partial charge is 0.497 e. The first-order chi connectivity index (χ1) is 16.6. The Morgan fingerprint density at radius 3 is 2.62 bits per heavy atom. The Balaban J connectivity index is 1.31. The number of likely N-dealkylation sites (N-methyl/N-ethyl adjacent to an activating group) is 1. The predicted molar refractivity (Wildman–Crippen MR) is 130 cm³/mol. The molecule has 34 heavy (non-hydrogen) atoms. The van der Waals surface area contributed by atoms with Crippen molar-refractivity contribution in [2.24, 2.45) is 0 Å². The zero-order valence-electron chi connectivity index (χ0n) is 18.8. The van der Waals surface area contributed by atoms with Crippen molar-refractivity contribution in [1.82, 2.24) is 10.1 Å². The summed E-state index contributed by atoms with van der Waals surface area (Å²) in [6, 6.07) is 23.5. The van der Waals surface area contributed by atoms with Crippen LogP contribution in [0.3, 0.4) is 0 Å². The Hall–Kier alpha value is -4.39. The van der Waals surface area contributed by atoms with Gasteiger partial charge >= 0.3 is 0 Å². The molecule has 2 unspecified atom stereocenters. The van der Waals surface area contributed by atoms with Crippen LogP contribution in [-0.4, -0.2) is 36.2 Å². The topological polar surface area (TPSA) is 71.7 Å². The summed E-state index contributed by atoms with van der Waals surface area (Å²) in [4.78, 5) is 21.6. The molecule has 0 saturated heterocycles. The molecule has 1 aromatic heterocycles. The standard InChI is InChI=1S/C27H22N4O3/c1-30-22-9-4-3-8-21(22)25-23(30)14-15-24(32)31(25)19-12-10-17(11-13-19)26-28-27(34-29-26)18-6-5-7-20(16-18)33-2/h3-16,23,25H,1-2H3. The summed E-state index contributed by atoms with van der Waals surface area (Å²) in [6.07, 6.45) is 3.66. The van der Waals surface area contributed by atoms with Gasteiger partial charge in [-0.1, -0.05) is 35.5 Å². The van der Waals surface area contributed by atoms with Gasteiger partial charge in [-0.05, 0) is 48.5 Å². The van der Waals surface area contributed by atoms with E-state index >= 15 is 0 Å². The fourth-order valence-electron chi connectivity index (χ4n) is 4.81. The Labute approximate surface area is 196 Å². The van der Waals surface area contributed by atoms with E-state index in [2.05, 4.69) is 34.2 Å². The number of methoxy groups -OCH3 is 1. The van der Waals surface area contributed by atoms with Crippen molar-refractivity contribution < 1.29 is 14.1 Å². The molecule has 2 aliphatic heterocycles. The number of para-hydroxylation sites is 1. The van der Waals surface area contributed by atoms with Gasteiger partial charge in [-0.2, -0.15) is 4.98 Å². The van der Waals surface area contributed by atoms with Crippen LogP contribution in [0.25, 0.3) is 22.8 Å². The van der Waals surface area contributed by atoms with Crippen LogP contribution in [0, 0.1) is 0 Å². The summed E-state index contributed by atoms with van der Waals surface area (Å²) in [5.74, 6) is 1.60. The van der Waals surface area contributed by atoms with Crippen LogP contribution >= 0.6 is 0 Å². The summed E-state index contributed by atoms with van der Waals surface area (Å²) in [5, 5.41) is 4.14. The van der Waals surface area contributed by atoms with Gasteiger partial charge in [-0.25, -0.2) is 0 Å². The van der Waals surface area contributed by atoms with Crippen LogP contribution in [0.5, 0.6) is 5.75 Å². The molecule has 7 nitrogen and oxygen atoms in total. The lowest BCUT2D eigenvalue weighted by Crippen LogP contribution is -2.44. The molecule has 2 aliphatic rings. The molecule has 0 fully saturated rings. The number of amides is 1. The smallest absolute Gasteiger partial charge is 0.258 e. The monoisotopic (exact) mass is 450 g/mol. The van der Waals surface area contributed by atoms with E-state index in [1.54, 1.807) is 13.2 Å². The van der Waals surface area contributed by atoms with Crippen molar-refractivity contribution >= 4 is 17.3 Å². The molecular weight excluding hydrogens is 428 g/mol. The van der Waals surface area contributed by atoms with Gasteiger partial charge in [0.2, 0.25) is 5.82 Å². The first-order valence-corrected chi connectivity index (χ1v) is 11.1. The maximum atomic E-state index is 13.0. The lowest BCUT2D eigenvalue weighted by atomic mass is 9.97. The van der Waals surface area contributed by atoms with E-state index in [9.17, 15) is 4.79 Å². The minimum Gasteiger partial charge on any atom is -0.497 e. The highest BCUT2D eigenvalue weighted by atomic mass is 16.5. The molecule has 0 N–H and O–H groups in total. The quantitative estimate of drug-likeness (QED) is 0.442. The molecule has 0 aliphatic carbocycles. The summed E-state index contributed by atoms with van der Waals surface area (Å²) in [7, 11) is 3.69. The van der Waals surface area contributed by atoms with Crippen molar-refractivity contribution in [1.29, 1.82) is 0 Å². The second-order valence-corrected chi connectivity index (χ2v) is 8.37. The van der Waals surface area contributed by atoms with Crippen molar-refractivity contribution in [3.8, 4) is 28.6 Å². The highest BCUT2D eigenvalue weighted by Crippen LogP contribution is 2.46. The molecule has 7 heteroatoms. The molecule has 3 aromatic carbocycles. The molecule has 0 saturated carbocycles. The van der Waals surface area contributed by atoms with Gasteiger partial charge in [-0.15, -0.1) is 0 Å². The average molecular weight is 450 g/mol. The lowest BCUT2D eigenvalue weighted by Gasteiger charge is -2.36. The van der Waals surface area contributed by atoms with E-state index < -0.39 is 0 Å². The van der Waals surface area contributed by atoms with Gasteiger partial charge in [0.05, 0.1) is 19.2 Å². The molecule has 0 radical (unpaired) electrons. The van der Waals surface area contributed by atoms with Crippen LogP contribution in [0.1, 0.15) is 11.6 Å². The molecule has 6 rings (SSSR count). The number of carbonyl (C=O) groups is 1. The van der Waals surface area contributed by atoms with Crippen LogP contribution in [-0.2, 0) is 4.79 Å². The molecule has 3 heterocycles. The van der Waals surface area contributed by atoms with E-state index in [1.807, 2.05) is 71.6 Å². The van der Waals surface area contributed by atoms with Crippen LogP contribution in [0.4, 0.5) is 11.4 Å². The minimum absolute atomic E-state index is 0.0287. The van der Waals surface area contributed by atoms with Crippen molar-refractivity contribution in [3.63, 3.8) is 0 Å². The zero-order chi connectivity index (χ0) is 23.2. The third-order valence-electron chi connectivity index (χ3n) is 6.50. The van der Waals surface area contributed by atoms with Gasteiger partial charge in [0, 0.05) is 41.2 Å². The van der Waals surface area contributed by atoms with Gasteiger partial charge in [0.15, 0.2) is 0 Å². The molecule has 0 spiro atoms. The molecule has 1 amide bonds. The number of hydrogen-bond donors (Lipinski definition) is 0. The van der Waals surface area contributed by atoms with Gasteiger partial charge in [0.1, 0.15) is 5.75 Å². The number of ether oxygens (including phenoxy) is 1. The van der Waals surface area contributed by atoms with Crippen LogP contribution < -0.4 is 14.5 Å². The summed E-state index contributed by atoms with van der Waals surface area (Å²) in [6.45, 7) is 0. The summed E-state index contributed by atoms with van der Waals surface area (Å²) in [5.41, 5.74) is 4.72. The third-order valence-corrected chi connectivity index (χ3v) is 6.50. The first-order valence-electron chi connectivity index (χ1n) is 11.1. The number of hydrogen-bond acceptors (Lipinski definition) is 6. The normalized spacial score (nSPS) is 18.7. The van der Waals surface area contributed by atoms with Gasteiger partial charge in [0.25, 0.3) is 11.8 Å². The number of carbonyl (C=O) groups excluding carboxylic acids is 1. The average Bonchev–Trinajstić information content (AvgIpc) is 3.48. The number of anilines is 2. The molecule has 4 aromatic rings. The van der Waals surface area contributed by atoms with E-state index in [1.165, 1.54) is 0 Å². The Bertz CT molecular complexity index is 1410. The fourth-order valence-corrected chi connectivity index (χ4v) is 4.81. The predicted octanol–water partition coefficient (Wildman–Crippen LogP) is 4.87. The lowest BCUT2D eigenvalue weighted by molar-refractivity contribution is -0.115. The van der Waals surface area contributed by atoms with Crippen LogP contribution in [0.15, 0.2) is 89.5 Å². The first kappa shape index (κ1) is 20.2. The Kier molecular flexibility index (Phi) is 4.69. The second kappa shape index (κ2) is 7.88. The zero-order valence-corrected chi connectivity index (χ0v) is 18.8.